The van der Waals surface area contributed by atoms with Crippen molar-refractivity contribution in [2.24, 2.45) is 0 Å². The highest BCUT2D eigenvalue weighted by Gasteiger charge is 2.34. The zero-order chi connectivity index (χ0) is 12.5. The summed E-state index contributed by atoms with van der Waals surface area (Å²) in [5, 5.41) is 0. The van der Waals surface area contributed by atoms with E-state index in [9.17, 15) is 0 Å². The van der Waals surface area contributed by atoms with Crippen LogP contribution in [0.25, 0.3) is 0 Å². The molecule has 0 N–H and O–H groups in total. The third kappa shape index (κ3) is 2.99. The maximum absolute atomic E-state index is 5.94. The molecular weight excluding hydrogens is 216 g/mol. The van der Waals surface area contributed by atoms with Gasteiger partial charge in [0.25, 0.3) is 0 Å². The van der Waals surface area contributed by atoms with Gasteiger partial charge in [-0.3, -0.25) is 0 Å². The molecular formula is C14H20O3. The lowest BCUT2D eigenvalue weighted by atomic mass is 10.0. The second-order valence-corrected chi connectivity index (χ2v) is 4.94. The SMILES string of the molecule is COc1ccc([C@@H]2C[C@H](C)OC(C)(C)O2)cc1. The Balaban J connectivity index is 2.15. The molecule has 2 atom stereocenters. The Hall–Kier alpha value is -1.06. The number of methoxy groups -OCH3 is 1. The molecule has 0 spiro atoms. The zero-order valence-corrected chi connectivity index (χ0v) is 10.9. The van der Waals surface area contributed by atoms with E-state index in [0.717, 1.165) is 12.2 Å². The van der Waals surface area contributed by atoms with E-state index in [1.165, 1.54) is 5.56 Å². The van der Waals surface area contributed by atoms with Crippen LogP contribution >= 0.6 is 0 Å². The van der Waals surface area contributed by atoms with Gasteiger partial charge in [-0.05, 0) is 38.5 Å². The number of ether oxygens (including phenoxy) is 3. The summed E-state index contributed by atoms with van der Waals surface area (Å²) in [7, 11) is 1.67. The van der Waals surface area contributed by atoms with E-state index >= 15 is 0 Å². The highest BCUT2D eigenvalue weighted by molar-refractivity contribution is 5.28. The average molecular weight is 236 g/mol. The van der Waals surface area contributed by atoms with Crippen molar-refractivity contribution < 1.29 is 14.2 Å². The zero-order valence-electron chi connectivity index (χ0n) is 10.9. The summed E-state index contributed by atoms with van der Waals surface area (Å²) in [5.74, 6) is 0.357. The van der Waals surface area contributed by atoms with E-state index in [-0.39, 0.29) is 12.2 Å². The lowest BCUT2D eigenvalue weighted by molar-refractivity contribution is -0.298. The molecule has 94 valence electrons. The first-order chi connectivity index (χ1) is 8.00. The lowest BCUT2D eigenvalue weighted by Gasteiger charge is -2.39. The Morgan fingerprint density at radius 3 is 2.35 bits per heavy atom. The van der Waals surface area contributed by atoms with Gasteiger partial charge in [-0.2, -0.15) is 0 Å². The van der Waals surface area contributed by atoms with Crippen molar-refractivity contribution in [2.75, 3.05) is 7.11 Å². The number of benzene rings is 1. The molecule has 0 aliphatic carbocycles. The van der Waals surface area contributed by atoms with Gasteiger partial charge in [0.2, 0.25) is 0 Å². The van der Waals surface area contributed by atoms with Crippen LogP contribution in [0.2, 0.25) is 0 Å². The molecule has 1 aromatic carbocycles. The van der Waals surface area contributed by atoms with Crippen molar-refractivity contribution in [3.05, 3.63) is 29.8 Å². The molecule has 0 unspecified atom stereocenters. The van der Waals surface area contributed by atoms with Crippen LogP contribution in [0.1, 0.15) is 38.9 Å². The molecule has 0 radical (unpaired) electrons. The van der Waals surface area contributed by atoms with E-state index in [2.05, 4.69) is 19.1 Å². The van der Waals surface area contributed by atoms with Crippen LogP contribution in [0.5, 0.6) is 5.75 Å². The summed E-state index contributed by atoms with van der Waals surface area (Å²) >= 11 is 0. The molecule has 0 saturated carbocycles. The van der Waals surface area contributed by atoms with Crippen LogP contribution < -0.4 is 4.74 Å². The minimum Gasteiger partial charge on any atom is -0.497 e. The van der Waals surface area contributed by atoms with E-state index in [1.807, 2.05) is 26.0 Å². The van der Waals surface area contributed by atoms with Crippen molar-refractivity contribution in [1.29, 1.82) is 0 Å². The maximum atomic E-state index is 5.94. The molecule has 1 fully saturated rings. The molecule has 17 heavy (non-hydrogen) atoms. The molecule has 2 rings (SSSR count). The summed E-state index contributed by atoms with van der Waals surface area (Å²) in [6, 6.07) is 8.03. The number of rotatable bonds is 2. The van der Waals surface area contributed by atoms with Crippen LogP contribution in [0.4, 0.5) is 0 Å². The molecule has 0 bridgehead atoms. The largest absolute Gasteiger partial charge is 0.497 e. The standard InChI is InChI=1S/C14H20O3/c1-10-9-13(17-14(2,3)16-10)11-5-7-12(15-4)8-6-11/h5-8,10,13H,9H2,1-4H3/t10-,13-/m0/s1. The normalized spacial score (nSPS) is 27.8. The fourth-order valence-electron chi connectivity index (χ4n) is 2.28. The number of hydrogen-bond donors (Lipinski definition) is 0. The van der Waals surface area contributed by atoms with Crippen LogP contribution in [-0.4, -0.2) is 19.0 Å². The van der Waals surface area contributed by atoms with Gasteiger partial charge in [-0.25, -0.2) is 0 Å². The van der Waals surface area contributed by atoms with Crippen molar-refractivity contribution in [3.63, 3.8) is 0 Å². The molecule has 1 aromatic rings. The summed E-state index contributed by atoms with van der Waals surface area (Å²) in [5.41, 5.74) is 1.18. The third-order valence-electron chi connectivity index (χ3n) is 2.94. The van der Waals surface area contributed by atoms with Gasteiger partial charge in [-0.15, -0.1) is 0 Å². The molecule has 1 heterocycles. The van der Waals surface area contributed by atoms with Crippen LogP contribution in [0.15, 0.2) is 24.3 Å². The Kier molecular flexibility index (Phi) is 3.40. The van der Waals surface area contributed by atoms with E-state index in [0.29, 0.717) is 0 Å². The number of hydrogen-bond acceptors (Lipinski definition) is 3. The second-order valence-electron chi connectivity index (χ2n) is 4.94. The Labute approximate surface area is 103 Å². The monoisotopic (exact) mass is 236 g/mol. The topological polar surface area (TPSA) is 27.7 Å². The summed E-state index contributed by atoms with van der Waals surface area (Å²) in [4.78, 5) is 0. The fraction of sp³-hybridized carbons (Fsp3) is 0.571. The molecule has 1 saturated heterocycles. The Morgan fingerprint density at radius 1 is 1.18 bits per heavy atom. The van der Waals surface area contributed by atoms with Gasteiger partial charge in [-0.1, -0.05) is 12.1 Å². The van der Waals surface area contributed by atoms with E-state index in [1.54, 1.807) is 7.11 Å². The maximum Gasteiger partial charge on any atom is 0.163 e. The quantitative estimate of drug-likeness (QED) is 0.788. The Morgan fingerprint density at radius 2 is 1.82 bits per heavy atom. The fourth-order valence-corrected chi connectivity index (χ4v) is 2.28. The highest BCUT2D eigenvalue weighted by atomic mass is 16.7. The van der Waals surface area contributed by atoms with Crippen LogP contribution in [0.3, 0.4) is 0 Å². The van der Waals surface area contributed by atoms with Crippen LogP contribution in [-0.2, 0) is 9.47 Å². The molecule has 3 nitrogen and oxygen atoms in total. The smallest absolute Gasteiger partial charge is 0.163 e. The Bertz CT molecular complexity index is 370. The molecule has 0 amide bonds. The second kappa shape index (κ2) is 4.67. The average Bonchev–Trinajstić information content (AvgIpc) is 2.26. The van der Waals surface area contributed by atoms with Gasteiger partial charge in [0.1, 0.15) is 5.75 Å². The molecule has 0 aromatic heterocycles. The first kappa shape index (κ1) is 12.4. The highest BCUT2D eigenvalue weighted by Crippen LogP contribution is 2.36. The third-order valence-corrected chi connectivity index (χ3v) is 2.94. The van der Waals surface area contributed by atoms with Crippen LogP contribution in [0, 0.1) is 0 Å². The van der Waals surface area contributed by atoms with Crippen molar-refractivity contribution in [1.82, 2.24) is 0 Å². The van der Waals surface area contributed by atoms with Gasteiger partial charge in [0.05, 0.1) is 19.3 Å². The molecule has 1 aliphatic heterocycles. The summed E-state index contributed by atoms with van der Waals surface area (Å²) in [6.45, 7) is 6.00. The summed E-state index contributed by atoms with van der Waals surface area (Å²) < 4.78 is 16.8. The predicted molar refractivity (Wildman–Crippen MR) is 66.1 cm³/mol. The summed E-state index contributed by atoms with van der Waals surface area (Å²) in [6.07, 6.45) is 1.20. The minimum absolute atomic E-state index is 0.0969. The van der Waals surface area contributed by atoms with Gasteiger partial charge < -0.3 is 14.2 Å². The van der Waals surface area contributed by atoms with Crippen molar-refractivity contribution in [2.45, 2.75) is 45.2 Å². The molecule has 3 heteroatoms. The predicted octanol–water partition coefficient (Wildman–Crippen LogP) is 3.30. The minimum atomic E-state index is -0.512. The van der Waals surface area contributed by atoms with Crippen molar-refractivity contribution >= 4 is 0 Å². The van der Waals surface area contributed by atoms with E-state index < -0.39 is 5.79 Å². The van der Waals surface area contributed by atoms with Crippen molar-refractivity contribution in [3.8, 4) is 5.75 Å². The van der Waals surface area contributed by atoms with E-state index in [4.69, 9.17) is 14.2 Å². The molecule has 1 aliphatic rings. The first-order valence-electron chi connectivity index (χ1n) is 6.00. The van der Waals surface area contributed by atoms with Gasteiger partial charge in [0.15, 0.2) is 5.79 Å². The van der Waals surface area contributed by atoms with Gasteiger partial charge >= 0.3 is 0 Å². The van der Waals surface area contributed by atoms with Gasteiger partial charge in [0, 0.05) is 6.42 Å². The lowest BCUT2D eigenvalue weighted by Crippen LogP contribution is -2.40. The first-order valence-corrected chi connectivity index (χ1v) is 6.00.